The first-order valence-electron chi connectivity index (χ1n) is 7.01. The van der Waals surface area contributed by atoms with E-state index in [4.69, 9.17) is 21.7 Å². The Hall–Kier alpha value is -1.86. The molecule has 0 bridgehead atoms. The Labute approximate surface area is 136 Å². The van der Waals surface area contributed by atoms with E-state index < -0.39 is 6.10 Å². The summed E-state index contributed by atoms with van der Waals surface area (Å²) in [5.41, 5.74) is 7.26. The SMILES string of the molecule is COCCNC(=S)NNC(=O)[C@H](C)Oc1cccc(C)c1C. The molecule has 1 amide bonds. The van der Waals surface area contributed by atoms with Gasteiger partial charge < -0.3 is 14.8 Å². The Kier molecular flexibility index (Phi) is 7.62. The fourth-order valence-corrected chi connectivity index (χ4v) is 1.78. The van der Waals surface area contributed by atoms with Crippen LogP contribution < -0.4 is 20.9 Å². The molecule has 0 aromatic heterocycles. The van der Waals surface area contributed by atoms with Crippen LogP contribution in [0.1, 0.15) is 18.1 Å². The minimum absolute atomic E-state index is 0.309. The third kappa shape index (κ3) is 5.87. The summed E-state index contributed by atoms with van der Waals surface area (Å²) in [6.07, 6.45) is -0.644. The molecule has 6 nitrogen and oxygen atoms in total. The number of carbonyl (C=O) groups excluding carboxylic acids is 1. The maximum atomic E-state index is 12.0. The van der Waals surface area contributed by atoms with Gasteiger partial charge in [0.2, 0.25) is 0 Å². The van der Waals surface area contributed by atoms with E-state index in [-0.39, 0.29) is 5.91 Å². The zero-order valence-corrected chi connectivity index (χ0v) is 14.2. The molecule has 0 fully saturated rings. The van der Waals surface area contributed by atoms with Crippen LogP contribution in [-0.2, 0) is 9.53 Å². The van der Waals surface area contributed by atoms with Gasteiger partial charge in [-0.2, -0.15) is 0 Å². The van der Waals surface area contributed by atoms with Gasteiger partial charge in [0, 0.05) is 13.7 Å². The van der Waals surface area contributed by atoms with Crippen molar-refractivity contribution in [3.63, 3.8) is 0 Å². The first-order valence-corrected chi connectivity index (χ1v) is 7.42. The number of aryl methyl sites for hydroxylation is 1. The summed E-state index contributed by atoms with van der Waals surface area (Å²) in [6.45, 7) is 6.73. The van der Waals surface area contributed by atoms with Crippen LogP contribution in [0.4, 0.5) is 0 Å². The van der Waals surface area contributed by atoms with E-state index in [0.717, 1.165) is 11.1 Å². The van der Waals surface area contributed by atoms with Gasteiger partial charge in [-0.3, -0.25) is 15.6 Å². The van der Waals surface area contributed by atoms with Crippen molar-refractivity contribution in [2.24, 2.45) is 0 Å². The molecule has 22 heavy (non-hydrogen) atoms. The van der Waals surface area contributed by atoms with Crippen molar-refractivity contribution in [1.29, 1.82) is 0 Å². The fraction of sp³-hybridized carbons (Fsp3) is 0.467. The molecule has 3 N–H and O–H groups in total. The third-order valence-corrected chi connectivity index (χ3v) is 3.37. The second-order valence-corrected chi connectivity index (χ2v) is 5.23. The van der Waals surface area contributed by atoms with Gasteiger partial charge in [0.25, 0.3) is 5.91 Å². The number of hydrazine groups is 1. The highest BCUT2D eigenvalue weighted by Crippen LogP contribution is 2.21. The number of rotatable bonds is 6. The molecule has 1 rings (SSSR count). The molecule has 0 saturated heterocycles. The van der Waals surface area contributed by atoms with Gasteiger partial charge in [-0.1, -0.05) is 12.1 Å². The van der Waals surface area contributed by atoms with Crippen LogP contribution in [-0.4, -0.2) is 37.4 Å². The van der Waals surface area contributed by atoms with Gasteiger partial charge in [0.15, 0.2) is 11.2 Å². The van der Waals surface area contributed by atoms with Crippen molar-refractivity contribution in [3.05, 3.63) is 29.3 Å². The number of benzene rings is 1. The van der Waals surface area contributed by atoms with Crippen molar-refractivity contribution in [1.82, 2.24) is 16.2 Å². The molecular weight excluding hydrogens is 302 g/mol. The number of amides is 1. The van der Waals surface area contributed by atoms with Crippen LogP contribution in [0.15, 0.2) is 18.2 Å². The lowest BCUT2D eigenvalue weighted by atomic mass is 10.1. The van der Waals surface area contributed by atoms with Crippen molar-refractivity contribution in [2.45, 2.75) is 26.9 Å². The third-order valence-electron chi connectivity index (χ3n) is 3.12. The first-order chi connectivity index (χ1) is 10.5. The zero-order chi connectivity index (χ0) is 16.5. The molecule has 0 aliphatic carbocycles. The second kappa shape index (κ2) is 9.22. The van der Waals surface area contributed by atoms with Crippen LogP contribution in [0, 0.1) is 13.8 Å². The van der Waals surface area contributed by atoms with Crippen LogP contribution in [0.5, 0.6) is 5.75 Å². The maximum Gasteiger partial charge on any atom is 0.279 e. The molecule has 0 radical (unpaired) electrons. The average Bonchev–Trinajstić information content (AvgIpc) is 2.49. The second-order valence-electron chi connectivity index (χ2n) is 4.82. The molecule has 0 unspecified atom stereocenters. The van der Waals surface area contributed by atoms with E-state index in [2.05, 4.69) is 16.2 Å². The Bertz CT molecular complexity index is 523. The van der Waals surface area contributed by atoms with Gasteiger partial charge in [0.1, 0.15) is 5.75 Å². The number of hydrogen-bond donors (Lipinski definition) is 3. The van der Waals surface area contributed by atoms with Crippen molar-refractivity contribution >= 4 is 23.2 Å². The number of hydrogen-bond acceptors (Lipinski definition) is 4. The summed E-state index contributed by atoms with van der Waals surface area (Å²) in [5, 5.41) is 3.21. The summed E-state index contributed by atoms with van der Waals surface area (Å²) < 4.78 is 10.6. The molecule has 122 valence electrons. The van der Waals surface area contributed by atoms with Gasteiger partial charge in [-0.25, -0.2) is 0 Å². The molecule has 1 aromatic carbocycles. The quantitative estimate of drug-likeness (QED) is 0.415. The first kappa shape index (κ1) is 18.2. The lowest BCUT2D eigenvalue weighted by Crippen LogP contribution is -2.50. The van der Waals surface area contributed by atoms with Crippen LogP contribution in [0.2, 0.25) is 0 Å². The number of nitrogens with one attached hydrogen (secondary N) is 3. The summed E-state index contributed by atoms with van der Waals surface area (Å²) in [7, 11) is 1.60. The van der Waals surface area contributed by atoms with Gasteiger partial charge >= 0.3 is 0 Å². The molecule has 0 spiro atoms. The predicted molar refractivity (Wildman–Crippen MR) is 89.8 cm³/mol. The molecule has 0 saturated carbocycles. The van der Waals surface area contributed by atoms with E-state index in [9.17, 15) is 4.79 Å². The summed E-state index contributed by atoms with van der Waals surface area (Å²) in [5.74, 6) is 0.389. The number of methoxy groups -OCH3 is 1. The highest BCUT2D eigenvalue weighted by molar-refractivity contribution is 7.80. The van der Waals surface area contributed by atoms with Gasteiger partial charge in [0.05, 0.1) is 6.61 Å². The normalized spacial score (nSPS) is 11.5. The summed E-state index contributed by atoms with van der Waals surface area (Å²) in [4.78, 5) is 12.0. The van der Waals surface area contributed by atoms with Crippen LogP contribution >= 0.6 is 12.2 Å². The monoisotopic (exact) mass is 325 g/mol. The molecule has 1 aromatic rings. The molecule has 0 heterocycles. The van der Waals surface area contributed by atoms with E-state index in [1.165, 1.54) is 0 Å². The largest absolute Gasteiger partial charge is 0.481 e. The van der Waals surface area contributed by atoms with Gasteiger partial charge in [-0.05, 0) is 50.2 Å². The van der Waals surface area contributed by atoms with Crippen molar-refractivity contribution in [2.75, 3.05) is 20.3 Å². The van der Waals surface area contributed by atoms with E-state index >= 15 is 0 Å². The number of ether oxygens (including phenoxy) is 2. The molecule has 7 heteroatoms. The summed E-state index contributed by atoms with van der Waals surface area (Å²) >= 11 is 5.01. The minimum atomic E-state index is -0.644. The predicted octanol–water partition coefficient (Wildman–Crippen LogP) is 1.21. The Morgan fingerprint density at radius 1 is 1.32 bits per heavy atom. The van der Waals surface area contributed by atoms with Gasteiger partial charge in [-0.15, -0.1) is 0 Å². The molecule has 0 aliphatic heterocycles. The minimum Gasteiger partial charge on any atom is -0.481 e. The fourth-order valence-electron chi connectivity index (χ4n) is 1.63. The van der Waals surface area contributed by atoms with E-state index in [1.54, 1.807) is 14.0 Å². The van der Waals surface area contributed by atoms with E-state index in [0.29, 0.717) is 24.0 Å². The lowest BCUT2D eigenvalue weighted by molar-refractivity contribution is -0.127. The molecule has 0 aliphatic rings. The standard InChI is InChI=1S/C15H23N3O3S/c1-10-6-5-7-13(11(10)2)21-12(3)14(19)17-18-15(22)16-8-9-20-4/h5-7,12H,8-9H2,1-4H3,(H,17,19)(H2,16,18,22)/t12-/m0/s1. The highest BCUT2D eigenvalue weighted by Gasteiger charge is 2.16. The smallest absolute Gasteiger partial charge is 0.279 e. The Morgan fingerprint density at radius 3 is 2.73 bits per heavy atom. The lowest BCUT2D eigenvalue weighted by Gasteiger charge is -2.18. The Morgan fingerprint density at radius 2 is 2.05 bits per heavy atom. The van der Waals surface area contributed by atoms with Crippen LogP contribution in [0.3, 0.4) is 0 Å². The highest BCUT2D eigenvalue weighted by atomic mass is 32.1. The van der Waals surface area contributed by atoms with Crippen molar-refractivity contribution < 1.29 is 14.3 Å². The van der Waals surface area contributed by atoms with E-state index in [1.807, 2.05) is 32.0 Å². The number of carbonyl (C=O) groups is 1. The molecular formula is C15H23N3O3S. The van der Waals surface area contributed by atoms with Crippen LogP contribution in [0.25, 0.3) is 0 Å². The topological polar surface area (TPSA) is 71.6 Å². The average molecular weight is 325 g/mol. The number of thiocarbonyl (C=S) groups is 1. The summed E-state index contributed by atoms with van der Waals surface area (Å²) in [6, 6.07) is 5.74. The van der Waals surface area contributed by atoms with Crippen molar-refractivity contribution in [3.8, 4) is 5.75 Å². The Balaban J connectivity index is 2.42. The zero-order valence-electron chi connectivity index (χ0n) is 13.4. The maximum absolute atomic E-state index is 12.0. The molecule has 1 atom stereocenters.